The Balaban J connectivity index is 2.34. The monoisotopic (exact) mass is 290 g/mol. The van der Waals surface area contributed by atoms with E-state index in [1.165, 1.54) is 5.56 Å². The minimum absolute atomic E-state index is 0.0166. The van der Waals surface area contributed by atoms with E-state index in [2.05, 4.69) is 10.6 Å². The van der Waals surface area contributed by atoms with Crippen LogP contribution in [-0.2, 0) is 4.79 Å². The third kappa shape index (κ3) is 6.43. The van der Waals surface area contributed by atoms with Gasteiger partial charge in [-0.1, -0.05) is 26.8 Å². The van der Waals surface area contributed by atoms with Gasteiger partial charge in [-0.3, -0.25) is 9.59 Å². The molecule has 1 rings (SSSR count). The van der Waals surface area contributed by atoms with E-state index in [1.807, 2.05) is 52.8 Å². The molecule has 0 atom stereocenters. The molecule has 0 fully saturated rings. The molecule has 4 heteroatoms. The Bertz CT molecular complexity index is 516. The summed E-state index contributed by atoms with van der Waals surface area (Å²) in [5.74, 6) is -0.0916. The van der Waals surface area contributed by atoms with Gasteiger partial charge in [0, 0.05) is 25.1 Å². The van der Waals surface area contributed by atoms with Gasteiger partial charge in [0.15, 0.2) is 0 Å². The first kappa shape index (κ1) is 17.2. The highest BCUT2D eigenvalue weighted by molar-refractivity contribution is 5.94. The summed E-state index contributed by atoms with van der Waals surface area (Å²) in [6.07, 6.45) is 0.484. The van der Waals surface area contributed by atoms with Crippen LogP contribution in [0.3, 0.4) is 0 Å². The number of benzene rings is 1. The zero-order chi connectivity index (χ0) is 16.0. The van der Waals surface area contributed by atoms with Crippen LogP contribution in [0.25, 0.3) is 0 Å². The van der Waals surface area contributed by atoms with E-state index in [-0.39, 0.29) is 17.2 Å². The molecule has 2 amide bonds. The van der Waals surface area contributed by atoms with Crippen molar-refractivity contribution >= 4 is 11.8 Å². The van der Waals surface area contributed by atoms with Crippen molar-refractivity contribution < 1.29 is 9.59 Å². The summed E-state index contributed by atoms with van der Waals surface area (Å²) in [6.45, 7) is 10.9. The van der Waals surface area contributed by atoms with Crippen LogP contribution < -0.4 is 10.6 Å². The summed E-state index contributed by atoms with van der Waals surface area (Å²) in [5.41, 5.74) is 2.90. The number of aryl methyl sites for hydroxylation is 2. The number of hydrogen-bond acceptors (Lipinski definition) is 2. The lowest BCUT2D eigenvalue weighted by molar-refractivity contribution is -0.122. The molecular formula is C17H26N2O2. The molecule has 0 aliphatic rings. The highest BCUT2D eigenvalue weighted by Gasteiger charge is 2.15. The van der Waals surface area contributed by atoms with Gasteiger partial charge in [-0.05, 0) is 42.5 Å². The first-order chi connectivity index (χ1) is 9.69. The molecule has 0 radical (unpaired) electrons. The van der Waals surface area contributed by atoms with Crippen molar-refractivity contribution in [2.24, 2.45) is 5.41 Å². The molecule has 21 heavy (non-hydrogen) atoms. The van der Waals surface area contributed by atoms with Gasteiger partial charge in [-0.2, -0.15) is 0 Å². The number of carbonyl (C=O) groups is 2. The van der Waals surface area contributed by atoms with Crippen LogP contribution >= 0.6 is 0 Å². The van der Waals surface area contributed by atoms with Crippen LogP contribution in [0.1, 0.15) is 48.7 Å². The molecule has 0 saturated heterocycles. The fourth-order valence-electron chi connectivity index (χ4n) is 1.91. The molecule has 0 unspecified atom stereocenters. The van der Waals surface area contributed by atoms with Crippen LogP contribution in [-0.4, -0.2) is 24.9 Å². The zero-order valence-electron chi connectivity index (χ0n) is 13.7. The molecule has 1 aromatic carbocycles. The Morgan fingerprint density at radius 1 is 1.00 bits per heavy atom. The Morgan fingerprint density at radius 3 is 2.19 bits per heavy atom. The number of hydrogen-bond donors (Lipinski definition) is 2. The molecule has 0 aliphatic carbocycles. The Labute approximate surface area is 127 Å². The van der Waals surface area contributed by atoms with Crippen LogP contribution in [0.4, 0.5) is 0 Å². The van der Waals surface area contributed by atoms with Gasteiger partial charge >= 0.3 is 0 Å². The third-order valence-corrected chi connectivity index (χ3v) is 3.19. The van der Waals surface area contributed by atoms with E-state index in [1.54, 1.807) is 0 Å². The van der Waals surface area contributed by atoms with E-state index in [0.29, 0.717) is 25.1 Å². The van der Waals surface area contributed by atoms with Gasteiger partial charge in [-0.25, -0.2) is 0 Å². The van der Waals surface area contributed by atoms with Gasteiger partial charge < -0.3 is 10.6 Å². The topological polar surface area (TPSA) is 58.2 Å². The molecule has 0 aliphatic heterocycles. The first-order valence-corrected chi connectivity index (χ1v) is 7.31. The quantitative estimate of drug-likeness (QED) is 0.819. The highest BCUT2D eigenvalue weighted by atomic mass is 16.2. The van der Waals surface area contributed by atoms with Crippen molar-refractivity contribution in [3.8, 4) is 0 Å². The van der Waals surface area contributed by atoms with Crippen LogP contribution in [0.5, 0.6) is 0 Å². The minimum Gasteiger partial charge on any atom is -0.354 e. The van der Waals surface area contributed by atoms with Crippen LogP contribution in [0.15, 0.2) is 18.2 Å². The fraction of sp³-hybridized carbons (Fsp3) is 0.529. The van der Waals surface area contributed by atoms with Crippen molar-refractivity contribution in [3.63, 3.8) is 0 Å². The maximum Gasteiger partial charge on any atom is 0.251 e. The molecule has 0 spiro atoms. The van der Waals surface area contributed by atoms with Crippen LogP contribution in [0.2, 0.25) is 0 Å². The van der Waals surface area contributed by atoms with Gasteiger partial charge in [0.2, 0.25) is 5.91 Å². The predicted molar refractivity (Wildman–Crippen MR) is 85.3 cm³/mol. The van der Waals surface area contributed by atoms with E-state index >= 15 is 0 Å². The largest absolute Gasteiger partial charge is 0.354 e. The smallest absolute Gasteiger partial charge is 0.251 e. The van der Waals surface area contributed by atoms with E-state index in [0.717, 1.165) is 5.56 Å². The zero-order valence-corrected chi connectivity index (χ0v) is 13.7. The number of amides is 2. The van der Waals surface area contributed by atoms with Crippen molar-refractivity contribution in [2.75, 3.05) is 13.1 Å². The summed E-state index contributed by atoms with van der Waals surface area (Å²) in [6, 6.07) is 5.63. The number of carbonyl (C=O) groups excluding carboxylic acids is 2. The van der Waals surface area contributed by atoms with Crippen molar-refractivity contribution in [1.82, 2.24) is 10.6 Å². The average Bonchev–Trinajstić information content (AvgIpc) is 2.35. The van der Waals surface area contributed by atoms with E-state index < -0.39 is 0 Å². The Kier molecular flexibility index (Phi) is 5.94. The second kappa shape index (κ2) is 7.25. The number of nitrogens with one attached hydrogen (secondary N) is 2. The summed E-state index contributed by atoms with van der Waals surface area (Å²) < 4.78 is 0. The average molecular weight is 290 g/mol. The lowest BCUT2D eigenvalue weighted by atomic mass is 9.92. The lowest BCUT2D eigenvalue weighted by Crippen LogP contribution is -2.36. The van der Waals surface area contributed by atoms with Gasteiger partial charge in [0.1, 0.15) is 0 Å². The lowest BCUT2D eigenvalue weighted by Gasteiger charge is -2.17. The maximum absolute atomic E-state index is 12.0. The molecule has 4 nitrogen and oxygen atoms in total. The molecule has 116 valence electrons. The van der Waals surface area contributed by atoms with Crippen molar-refractivity contribution in [1.29, 1.82) is 0 Å². The van der Waals surface area contributed by atoms with E-state index in [9.17, 15) is 9.59 Å². The first-order valence-electron chi connectivity index (χ1n) is 7.31. The number of rotatable bonds is 5. The molecule has 1 aromatic rings. The molecule has 0 bridgehead atoms. The molecule has 0 heterocycles. The standard InChI is InChI=1S/C17H26N2O2/c1-12-6-7-14(10-13(12)2)16(21)19-9-8-18-15(20)11-17(3,4)5/h6-7,10H,8-9,11H2,1-5H3,(H,18,20)(H,19,21). The summed E-state index contributed by atoms with van der Waals surface area (Å²) >= 11 is 0. The third-order valence-electron chi connectivity index (χ3n) is 3.19. The van der Waals surface area contributed by atoms with Gasteiger partial charge in [-0.15, -0.1) is 0 Å². The maximum atomic E-state index is 12.0. The SMILES string of the molecule is Cc1ccc(C(=O)NCCNC(=O)CC(C)(C)C)cc1C. The minimum atomic E-state index is -0.108. The van der Waals surface area contributed by atoms with Crippen molar-refractivity contribution in [3.05, 3.63) is 34.9 Å². The predicted octanol–water partition coefficient (Wildman–Crippen LogP) is 2.59. The molecule has 0 saturated carbocycles. The summed E-state index contributed by atoms with van der Waals surface area (Å²) in [7, 11) is 0. The Morgan fingerprint density at radius 2 is 1.62 bits per heavy atom. The van der Waals surface area contributed by atoms with Gasteiger partial charge in [0.25, 0.3) is 5.91 Å². The second-order valence-corrected chi connectivity index (χ2v) is 6.64. The molecule has 0 aromatic heterocycles. The summed E-state index contributed by atoms with van der Waals surface area (Å²) in [5, 5.41) is 5.62. The Hall–Kier alpha value is -1.84. The van der Waals surface area contributed by atoms with Crippen molar-refractivity contribution in [2.45, 2.75) is 41.0 Å². The highest BCUT2D eigenvalue weighted by Crippen LogP contribution is 2.17. The molecule has 2 N–H and O–H groups in total. The fourth-order valence-corrected chi connectivity index (χ4v) is 1.91. The van der Waals surface area contributed by atoms with E-state index in [4.69, 9.17) is 0 Å². The van der Waals surface area contributed by atoms with Gasteiger partial charge in [0.05, 0.1) is 0 Å². The van der Waals surface area contributed by atoms with Crippen LogP contribution in [0, 0.1) is 19.3 Å². The second-order valence-electron chi connectivity index (χ2n) is 6.64. The summed E-state index contributed by atoms with van der Waals surface area (Å²) in [4.78, 5) is 23.6. The molecular weight excluding hydrogens is 264 g/mol. The normalized spacial score (nSPS) is 11.1.